The summed E-state index contributed by atoms with van der Waals surface area (Å²) in [5.74, 6) is -1.82. The van der Waals surface area contributed by atoms with E-state index >= 15 is 0 Å². The van der Waals surface area contributed by atoms with Crippen LogP contribution in [-0.2, 0) is 4.79 Å². The van der Waals surface area contributed by atoms with Gasteiger partial charge in [-0.1, -0.05) is 37.8 Å². The van der Waals surface area contributed by atoms with Crippen LogP contribution in [0.4, 0.5) is 14.5 Å². The summed E-state index contributed by atoms with van der Waals surface area (Å²) in [7, 11) is 1.66. The molecule has 1 aromatic carbocycles. The number of nitrogens with zero attached hydrogens (tertiary/aromatic N) is 2. The molecule has 0 spiro atoms. The number of hydrogen-bond donors (Lipinski definition) is 3. The minimum absolute atomic E-state index is 0.000239. The van der Waals surface area contributed by atoms with Crippen LogP contribution < -0.4 is 21.8 Å². The molecule has 0 unspecified atom stereocenters. The maximum atomic E-state index is 14.7. The average molecular weight is 518 g/mol. The molecule has 1 radical (unpaired) electrons. The Bertz CT molecular complexity index is 1340. The van der Waals surface area contributed by atoms with E-state index in [2.05, 4.69) is 27.5 Å². The molecule has 197 valence electrons. The summed E-state index contributed by atoms with van der Waals surface area (Å²) >= 11 is 0. The van der Waals surface area contributed by atoms with Crippen LogP contribution in [0.25, 0.3) is 11.3 Å². The van der Waals surface area contributed by atoms with E-state index in [0.717, 1.165) is 24.5 Å². The second kappa shape index (κ2) is 11.8. The topological polar surface area (TPSA) is 110 Å². The van der Waals surface area contributed by atoms with Gasteiger partial charge in [0.2, 0.25) is 5.91 Å². The Labute approximate surface area is 221 Å². The average Bonchev–Trinajstić information content (AvgIpc) is 2.90. The molecule has 0 aliphatic heterocycles. The zero-order valence-corrected chi connectivity index (χ0v) is 21.7. The van der Waals surface area contributed by atoms with Crippen molar-refractivity contribution in [3.05, 3.63) is 71.7 Å². The van der Waals surface area contributed by atoms with E-state index in [4.69, 9.17) is 5.73 Å². The molecule has 38 heavy (non-hydrogen) atoms. The number of carbonyl (C=O) groups excluding carboxylic acids is 2. The minimum Gasteiger partial charge on any atom is -0.352 e. The zero-order chi connectivity index (χ0) is 27.4. The first-order valence-electron chi connectivity index (χ1n) is 12.8. The van der Waals surface area contributed by atoms with Crippen LogP contribution in [0.15, 0.2) is 48.8 Å². The Hall–Kier alpha value is -3.66. The van der Waals surface area contributed by atoms with Crippen molar-refractivity contribution in [1.29, 1.82) is 0 Å². The number of hydrogen-bond acceptors (Lipinski definition) is 5. The molecule has 1 aliphatic rings. The zero-order valence-electron chi connectivity index (χ0n) is 21.7. The van der Waals surface area contributed by atoms with Crippen LogP contribution in [0, 0.1) is 17.6 Å². The minimum atomic E-state index is -0.729. The maximum Gasteiger partial charge on any atom is 0.274 e. The van der Waals surface area contributed by atoms with Gasteiger partial charge in [-0.3, -0.25) is 14.6 Å². The quantitative estimate of drug-likeness (QED) is 0.413. The van der Waals surface area contributed by atoms with E-state index in [9.17, 15) is 18.4 Å². The molecule has 2 heterocycles. The second-order valence-corrected chi connectivity index (χ2v) is 9.66. The predicted molar refractivity (Wildman–Crippen MR) is 144 cm³/mol. The van der Waals surface area contributed by atoms with E-state index in [1.54, 1.807) is 32.6 Å². The maximum absolute atomic E-state index is 14.7. The third kappa shape index (κ3) is 5.75. The fourth-order valence-electron chi connectivity index (χ4n) is 5.39. The standard InChI is InChI=1S/C28H31BF2N5O2/c1-4-16-12-17(13-22(32)26(16)34-15(2)37)18-10-11-33-14-24(18)36-28(38)23-9-8-21(31)27(35-23)25-19(29-3)6-5-7-20(25)30/h5-11,14,16-17,22,26H,4,12-13,32H2,1-3H3,(H,34,37)(H,36,38)/t16-,17+,22+,26-/m1/s1. The molecule has 10 heteroatoms. The van der Waals surface area contributed by atoms with E-state index in [1.165, 1.54) is 25.1 Å². The molecule has 1 saturated carbocycles. The number of anilines is 1. The number of amides is 2. The van der Waals surface area contributed by atoms with E-state index in [0.29, 0.717) is 17.6 Å². The summed E-state index contributed by atoms with van der Waals surface area (Å²) in [6, 6.07) is 8.29. The molecular formula is C28H31BF2N5O2. The third-order valence-corrected chi connectivity index (χ3v) is 7.22. The van der Waals surface area contributed by atoms with Gasteiger partial charge in [-0.25, -0.2) is 13.8 Å². The van der Waals surface area contributed by atoms with Crippen LogP contribution in [0.2, 0.25) is 6.82 Å². The second-order valence-electron chi connectivity index (χ2n) is 9.66. The lowest BCUT2D eigenvalue weighted by Gasteiger charge is -2.41. The van der Waals surface area contributed by atoms with Crippen molar-refractivity contribution in [2.75, 3.05) is 5.32 Å². The summed E-state index contributed by atoms with van der Waals surface area (Å²) in [5, 5.41) is 5.85. The summed E-state index contributed by atoms with van der Waals surface area (Å²) in [5.41, 5.74) is 8.05. The lowest BCUT2D eigenvalue weighted by atomic mass is 9.70. The van der Waals surface area contributed by atoms with Crippen molar-refractivity contribution < 1.29 is 18.4 Å². The molecule has 4 atom stereocenters. The fourth-order valence-corrected chi connectivity index (χ4v) is 5.39. The molecule has 1 fully saturated rings. The Morgan fingerprint density at radius 3 is 2.63 bits per heavy atom. The third-order valence-electron chi connectivity index (χ3n) is 7.22. The van der Waals surface area contributed by atoms with Gasteiger partial charge in [-0.15, -0.1) is 0 Å². The largest absolute Gasteiger partial charge is 0.352 e. The molecule has 0 saturated heterocycles. The van der Waals surface area contributed by atoms with Crippen LogP contribution in [0.1, 0.15) is 55.1 Å². The van der Waals surface area contributed by atoms with E-state index < -0.39 is 17.5 Å². The van der Waals surface area contributed by atoms with Gasteiger partial charge in [0.05, 0.1) is 11.9 Å². The molecule has 4 rings (SSSR count). The van der Waals surface area contributed by atoms with Crippen molar-refractivity contribution in [2.24, 2.45) is 11.7 Å². The highest BCUT2D eigenvalue weighted by Gasteiger charge is 2.37. The SMILES string of the molecule is C[B]c1cccc(F)c1-c1nc(C(=O)Nc2cnccc2[C@H]2C[C@@H](CC)[C@@H](NC(C)=O)[C@@H](N)C2)ccc1F. The monoisotopic (exact) mass is 518 g/mol. The lowest BCUT2D eigenvalue weighted by Crippen LogP contribution is -2.54. The molecule has 2 amide bonds. The van der Waals surface area contributed by atoms with Crippen molar-refractivity contribution in [3.8, 4) is 11.3 Å². The van der Waals surface area contributed by atoms with Crippen molar-refractivity contribution in [2.45, 2.75) is 57.9 Å². The number of halogens is 2. The van der Waals surface area contributed by atoms with Crippen molar-refractivity contribution in [3.63, 3.8) is 0 Å². The van der Waals surface area contributed by atoms with Crippen LogP contribution >= 0.6 is 0 Å². The molecule has 3 aromatic rings. The Morgan fingerprint density at radius 1 is 1.13 bits per heavy atom. The van der Waals surface area contributed by atoms with Gasteiger partial charge in [0.1, 0.15) is 30.3 Å². The van der Waals surface area contributed by atoms with Gasteiger partial charge in [0, 0.05) is 30.8 Å². The van der Waals surface area contributed by atoms with E-state index in [-0.39, 0.29) is 46.8 Å². The highest BCUT2D eigenvalue weighted by molar-refractivity contribution is 6.54. The Kier molecular flexibility index (Phi) is 8.51. The van der Waals surface area contributed by atoms with Crippen LogP contribution in [-0.4, -0.2) is 41.1 Å². The van der Waals surface area contributed by atoms with E-state index in [1.807, 2.05) is 6.07 Å². The first kappa shape index (κ1) is 27.4. The lowest BCUT2D eigenvalue weighted by molar-refractivity contribution is -0.120. The van der Waals surface area contributed by atoms with Crippen LogP contribution in [0.5, 0.6) is 0 Å². The molecule has 7 nitrogen and oxygen atoms in total. The smallest absolute Gasteiger partial charge is 0.274 e. The Morgan fingerprint density at radius 2 is 1.92 bits per heavy atom. The van der Waals surface area contributed by atoms with Crippen LogP contribution in [0.3, 0.4) is 0 Å². The van der Waals surface area contributed by atoms with Gasteiger partial charge >= 0.3 is 0 Å². The number of benzene rings is 1. The van der Waals surface area contributed by atoms with Gasteiger partial charge in [-0.2, -0.15) is 0 Å². The molecular weight excluding hydrogens is 487 g/mol. The number of pyridine rings is 2. The number of nitrogens with one attached hydrogen (secondary N) is 2. The Balaban J connectivity index is 1.61. The summed E-state index contributed by atoms with van der Waals surface area (Å²) in [6.07, 6.45) is 5.47. The summed E-state index contributed by atoms with van der Waals surface area (Å²) in [4.78, 5) is 33.3. The van der Waals surface area contributed by atoms with Crippen molar-refractivity contribution in [1.82, 2.24) is 15.3 Å². The molecule has 0 bridgehead atoms. The van der Waals surface area contributed by atoms with Gasteiger partial charge < -0.3 is 16.4 Å². The van der Waals surface area contributed by atoms with Gasteiger partial charge in [0.25, 0.3) is 5.91 Å². The normalized spacial score (nSPS) is 21.0. The highest BCUT2D eigenvalue weighted by Crippen LogP contribution is 2.40. The van der Waals surface area contributed by atoms with Gasteiger partial charge in [-0.05, 0) is 54.5 Å². The summed E-state index contributed by atoms with van der Waals surface area (Å²) in [6.45, 7) is 5.28. The number of aromatic nitrogens is 2. The van der Waals surface area contributed by atoms with Gasteiger partial charge in [0.15, 0.2) is 0 Å². The molecule has 1 aliphatic carbocycles. The highest BCUT2D eigenvalue weighted by atomic mass is 19.1. The number of nitrogens with two attached hydrogens (primary N) is 1. The number of rotatable bonds is 7. The first-order valence-corrected chi connectivity index (χ1v) is 12.8. The predicted octanol–water partition coefficient (Wildman–Crippen LogP) is 3.79. The summed E-state index contributed by atoms with van der Waals surface area (Å²) < 4.78 is 29.4. The van der Waals surface area contributed by atoms with Crippen molar-refractivity contribution >= 4 is 30.2 Å². The molecule has 2 aromatic heterocycles. The molecule has 4 N–H and O–H groups in total. The first-order chi connectivity index (χ1) is 18.2. The fraction of sp³-hybridized carbons (Fsp3) is 0.357. The number of carbonyl (C=O) groups is 2.